The molecule has 5 nitrogen and oxygen atoms in total. The molecular weight excluding hydrogens is 294 g/mol. The lowest BCUT2D eigenvalue weighted by Crippen LogP contribution is -2.42. The Morgan fingerprint density at radius 3 is 2.00 bits per heavy atom. The SMILES string of the molecule is O=C1O[C@@H](c2ccccc2)C[C@@H]1N1C(=O)c2ccccc2C1=O. The number of carbonyl (C=O) groups is 3. The Morgan fingerprint density at radius 1 is 0.826 bits per heavy atom. The smallest absolute Gasteiger partial charge is 0.330 e. The zero-order valence-electron chi connectivity index (χ0n) is 12.1. The first-order valence-corrected chi connectivity index (χ1v) is 7.39. The number of esters is 1. The van der Waals surface area contributed by atoms with Crippen molar-refractivity contribution >= 4 is 17.8 Å². The van der Waals surface area contributed by atoms with E-state index in [1.165, 1.54) is 0 Å². The number of amides is 2. The summed E-state index contributed by atoms with van der Waals surface area (Å²) in [5, 5.41) is 0. The third-order valence-electron chi connectivity index (χ3n) is 4.28. The minimum Gasteiger partial charge on any atom is -0.456 e. The molecule has 0 radical (unpaired) electrons. The van der Waals surface area contributed by atoms with Gasteiger partial charge >= 0.3 is 5.97 Å². The fourth-order valence-corrected chi connectivity index (χ4v) is 3.14. The number of benzene rings is 2. The first-order chi connectivity index (χ1) is 11.2. The number of hydrogen-bond acceptors (Lipinski definition) is 4. The molecular formula is C18H13NO4. The molecule has 4 rings (SSSR count). The predicted molar refractivity (Wildman–Crippen MR) is 80.6 cm³/mol. The van der Waals surface area contributed by atoms with E-state index in [4.69, 9.17) is 4.74 Å². The van der Waals surface area contributed by atoms with Gasteiger partial charge in [-0.1, -0.05) is 42.5 Å². The summed E-state index contributed by atoms with van der Waals surface area (Å²) in [6.07, 6.45) is -0.146. The topological polar surface area (TPSA) is 63.7 Å². The molecule has 2 aromatic carbocycles. The lowest BCUT2D eigenvalue weighted by Gasteiger charge is -2.18. The molecule has 2 aliphatic rings. The van der Waals surface area contributed by atoms with Crippen molar-refractivity contribution in [2.75, 3.05) is 0 Å². The van der Waals surface area contributed by atoms with Crippen molar-refractivity contribution < 1.29 is 19.1 Å². The van der Waals surface area contributed by atoms with Crippen molar-refractivity contribution in [3.63, 3.8) is 0 Å². The largest absolute Gasteiger partial charge is 0.456 e. The Kier molecular flexibility index (Phi) is 3.01. The molecule has 0 saturated carbocycles. The van der Waals surface area contributed by atoms with E-state index in [2.05, 4.69) is 0 Å². The molecule has 2 aromatic rings. The minimum absolute atomic E-state index is 0.286. The van der Waals surface area contributed by atoms with E-state index in [-0.39, 0.29) is 6.42 Å². The first-order valence-electron chi connectivity index (χ1n) is 7.39. The fourth-order valence-electron chi connectivity index (χ4n) is 3.14. The highest BCUT2D eigenvalue weighted by Gasteiger charge is 2.48. The third-order valence-corrected chi connectivity index (χ3v) is 4.28. The number of hydrogen-bond donors (Lipinski definition) is 0. The number of nitrogens with zero attached hydrogens (tertiary/aromatic N) is 1. The standard InChI is InChI=1S/C18H13NO4/c20-16-12-8-4-5-9-13(12)17(21)19(16)14-10-15(23-18(14)22)11-6-2-1-3-7-11/h1-9,14-15H,10H2/t14-,15+/m0/s1. The van der Waals surface area contributed by atoms with Crippen LogP contribution in [0.1, 0.15) is 38.8 Å². The number of ether oxygens (including phenoxy) is 1. The van der Waals surface area contributed by atoms with Crippen LogP contribution in [0.4, 0.5) is 0 Å². The van der Waals surface area contributed by atoms with Crippen LogP contribution in [0.2, 0.25) is 0 Å². The maximum Gasteiger partial charge on any atom is 0.330 e. The highest BCUT2D eigenvalue weighted by atomic mass is 16.6. The van der Waals surface area contributed by atoms with Crippen LogP contribution >= 0.6 is 0 Å². The summed E-state index contributed by atoms with van der Waals surface area (Å²) in [6.45, 7) is 0. The monoisotopic (exact) mass is 307 g/mol. The molecule has 1 saturated heterocycles. The summed E-state index contributed by atoms with van der Waals surface area (Å²) in [6, 6.07) is 15.1. The summed E-state index contributed by atoms with van der Waals surface area (Å²) < 4.78 is 5.38. The predicted octanol–water partition coefficient (Wildman–Crippen LogP) is 2.34. The molecule has 1 fully saturated rings. The van der Waals surface area contributed by atoms with Gasteiger partial charge in [0.1, 0.15) is 12.1 Å². The lowest BCUT2D eigenvalue weighted by molar-refractivity contribution is -0.144. The van der Waals surface area contributed by atoms with Crippen LogP contribution in [-0.2, 0) is 9.53 Å². The van der Waals surface area contributed by atoms with Gasteiger partial charge in [0.25, 0.3) is 11.8 Å². The Hall–Kier alpha value is -2.95. The van der Waals surface area contributed by atoms with Crippen LogP contribution in [0.15, 0.2) is 54.6 Å². The molecule has 0 N–H and O–H groups in total. The maximum absolute atomic E-state index is 12.5. The van der Waals surface area contributed by atoms with Gasteiger partial charge in [0, 0.05) is 6.42 Å². The number of fused-ring (bicyclic) bond motifs is 1. The Bertz CT molecular complexity index is 780. The van der Waals surface area contributed by atoms with Crippen molar-refractivity contribution in [1.29, 1.82) is 0 Å². The Morgan fingerprint density at radius 2 is 1.39 bits per heavy atom. The first kappa shape index (κ1) is 13.7. The van der Waals surface area contributed by atoms with E-state index in [1.54, 1.807) is 24.3 Å². The number of rotatable bonds is 2. The normalized spacial score (nSPS) is 23.1. The molecule has 5 heteroatoms. The van der Waals surface area contributed by atoms with Crippen molar-refractivity contribution in [2.45, 2.75) is 18.6 Å². The van der Waals surface area contributed by atoms with E-state index in [0.717, 1.165) is 10.5 Å². The van der Waals surface area contributed by atoms with Gasteiger partial charge in [-0.05, 0) is 17.7 Å². The minimum atomic E-state index is -0.868. The van der Waals surface area contributed by atoms with E-state index in [9.17, 15) is 14.4 Å². The van der Waals surface area contributed by atoms with Crippen molar-refractivity contribution in [3.05, 3.63) is 71.3 Å². The van der Waals surface area contributed by atoms with Crippen LogP contribution in [0.3, 0.4) is 0 Å². The van der Waals surface area contributed by atoms with E-state index < -0.39 is 29.9 Å². The summed E-state index contributed by atoms with van der Waals surface area (Å²) in [5.74, 6) is -1.39. The zero-order chi connectivity index (χ0) is 16.0. The molecule has 0 unspecified atom stereocenters. The van der Waals surface area contributed by atoms with E-state index in [0.29, 0.717) is 11.1 Å². The van der Waals surface area contributed by atoms with Gasteiger partial charge < -0.3 is 4.74 Å². The summed E-state index contributed by atoms with van der Waals surface area (Å²) in [4.78, 5) is 38.2. The van der Waals surface area contributed by atoms with E-state index >= 15 is 0 Å². The van der Waals surface area contributed by atoms with Crippen molar-refractivity contribution in [3.8, 4) is 0 Å². The zero-order valence-corrected chi connectivity index (χ0v) is 12.1. The van der Waals surface area contributed by atoms with Gasteiger partial charge in [0.2, 0.25) is 0 Å². The molecule has 2 heterocycles. The van der Waals surface area contributed by atoms with Gasteiger partial charge in [-0.25, -0.2) is 4.79 Å². The highest BCUT2D eigenvalue weighted by molar-refractivity contribution is 6.22. The second-order valence-electron chi connectivity index (χ2n) is 5.61. The van der Waals surface area contributed by atoms with Gasteiger partial charge in [0.15, 0.2) is 0 Å². The average molecular weight is 307 g/mol. The molecule has 0 spiro atoms. The molecule has 2 amide bonds. The van der Waals surface area contributed by atoms with Gasteiger partial charge in [0.05, 0.1) is 11.1 Å². The maximum atomic E-state index is 12.5. The molecule has 0 aliphatic carbocycles. The Labute approximate surface area is 132 Å². The lowest BCUT2D eigenvalue weighted by atomic mass is 10.0. The van der Waals surface area contributed by atoms with Gasteiger partial charge in [-0.2, -0.15) is 0 Å². The van der Waals surface area contributed by atoms with Gasteiger partial charge in [-0.15, -0.1) is 0 Å². The molecule has 0 bridgehead atoms. The fraction of sp³-hybridized carbons (Fsp3) is 0.167. The number of cyclic esters (lactones) is 1. The second kappa shape index (κ2) is 5.05. The average Bonchev–Trinajstić information content (AvgIpc) is 3.08. The summed E-state index contributed by atoms with van der Waals surface area (Å²) in [7, 11) is 0. The van der Waals surface area contributed by atoms with Gasteiger partial charge in [-0.3, -0.25) is 14.5 Å². The molecule has 2 atom stereocenters. The number of carbonyl (C=O) groups excluding carboxylic acids is 3. The van der Waals surface area contributed by atoms with E-state index in [1.807, 2.05) is 30.3 Å². The van der Waals surface area contributed by atoms with Crippen LogP contribution in [0, 0.1) is 0 Å². The van der Waals surface area contributed by atoms with Crippen LogP contribution in [-0.4, -0.2) is 28.7 Å². The quantitative estimate of drug-likeness (QED) is 0.631. The van der Waals surface area contributed by atoms with Crippen molar-refractivity contribution in [2.24, 2.45) is 0 Å². The molecule has 0 aromatic heterocycles. The molecule has 2 aliphatic heterocycles. The molecule has 23 heavy (non-hydrogen) atoms. The second-order valence-corrected chi connectivity index (χ2v) is 5.61. The molecule has 114 valence electrons. The van der Waals surface area contributed by atoms with Crippen LogP contribution < -0.4 is 0 Å². The van der Waals surface area contributed by atoms with Crippen LogP contribution in [0.25, 0.3) is 0 Å². The van der Waals surface area contributed by atoms with Crippen molar-refractivity contribution in [1.82, 2.24) is 4.90 Å². The summed E-state index contributed by atoms with van der Waals surface area (Å²) in [5.41, 5.74) is 1.54. The number of imide groups is 1. The summed E-state index contributed by atoms with van der Waals surface area (Å²) >= 11 is 0. The highest BCUT2D eigenvalue weighted by Crippen LogP contribution is 2.35. The third kappa shape index (κ3) is 2.04. The van der Waals surface area contributed by atoms with Crippen LogP contribution in [0.5, 0.6) is 0 Å². The Balaban J connectivity index is 1.64.